The lowest BCUT2D eigenvalue weighted by Crippen LogP contribution is -2.29. The molecule has 2 saturated heterocycles. The summed E-state index contributed by atoms with van der Waals surface area (Å²) in [5, 5.41) is 24.3. The number of hydrogen-bond donors (Lipinski definition) is 1. The minimum Gasteiger partial charge on any atom is -0.372 e. The molecule has 0 bridgehead atoms. The summed E-state index contributed by atoms with van der Waals surface area (Å²) in [6.07, 6.45) is 5.98. The van der Waals surface area contributed by atoms with E-state index in [-0.39, 0.29) is 21.2 Å². The molecule has 2 aliphatic rings. The van der Waals surface area contributed by atoms with E-state index in [1.54, 1.807) is 24.3 Å². The fraction of sp³-hybridized carbons (Fsp3) is 0.455. The molecule has 0 spiro atoms. The highest BCUT2D eigenvalue weighted by molar-refractivity contribution is 5.51. The number of nitro groups is 2. The number of nitrogens with one attached hydrogen (secondary N) is 1. The number of non-ortho nitro benzene ring substituents is 2. The summed E-state index contributed by atoms with van der Waals surface area (Å²) >= 11 is 0. The lowest BCUT2D eigenvalue weighted by atomic mass is 9.90. The molecule has 0 saturated carbocycles. The average molecular weight is 412 g/mol. The molecule has 8 nitrogen and oxygen atoms in total. The Morgan fingerprint density at radius 1 is 0.767 bits per heavy atom. The Morgan fingerprint density at radius 2 is 1.27 bits per heavy atom. The second-order valence-corrected chi connectivity index (χ2v) is 7.69. The lowest BCUT2D eigenvalue weighted by molar-refractivity contribution is -0.385. The van der Waals surface area contributed by atoms with E-state index in [0.29, 0.717) is 5.92 Å². The van der Waals surface area contributed by atoms with Gasteiger partial charge in [0, 0.05) is 43.0 Å². The Labute approximate surface area is 176 Å². The van der Waals surface area contributed by atoms with Crippen LogP contribution >= 0.6 is 0 Å². The van der Waals surface area contributed by atoms with Gasteiger partial charge in [-0.3, -0.25) is 20.2 Å². The third-order valence-corrected chi connectivity index (χ3v) is 5.70. The topological polar surface area (TPSA) is 102 Å². The number of nitrogens with zero attached hydrogens (tertiary/aromatic N) is 3. The molecule has 30 heavy (non-hydrogen) atoms. The van der Waals surface area contributed by atoms with Gasteiger partial charge in [0.2, 0.25) is 0 Å². The second-order valence-electron chi connectivity index (χ2n) is 7.69. The summed E-state index contributed by atoms with van der Waals surface area (Å²) in [6, 6.07) is 13.8. The Hall–Kier alpha value is -3.00. The molecule has 8 heteroatoms. The van der Waals surface area contributed by atoms with Gasteiger partial charge >= 0.3 is 0 Å². The van der Waals surface area contributed by atoms with Crippen LogP contribution in [-0.4, -0.2) is 36.0 Å². The van der Waals surface area contributed by atoms with Crippen molar-refractivity contribution < 1.29 is 9.85 Å². The maximum atomic E-state index is 10.5. The van der Waals surface area contributed by atoms with Crippen molar-refractivity contribution in [1.29, 1.82) is 0 Å². The highest BCUT2D eigenvalue weighted by Gasteiger charge is 2.16. The maximum absolute atomic E-state index is 10.5. The van der Waals surface area contributed by atoms with E-state index in [1.807, 2.05) is 24.3 Å². The van der Waals surface area contributed by atoms with Crippen molar-refractivity contribution in [3.63, 3.8) is 0 Å². The van der Waals surface area contributed by atoms with Crippen LogP contribution in [0.4, 0.5) is 17.1 Å². The average Bonchev–Trinajstić information content (AvgIpc) is 2.81. The third kappa shape index (κ3) is 6.00. The summed E-state index contributed by atoms with van der Waals surface area (Å²) in [5.41, 5.74) is 2.66. The van der Waals surface area contributed by atoms with Crippen LogP contribution < -0.4 is 10.2 Å². The van der Waals surface area contributed by atoms with E-state index < -0.39 is 0 Å². The Bertz CT molecular complexity index is 756. The van der Waals surface area contributed by atoms with Crippen molar-refractivity contribution >= 4 is 17.1 Å². The van der Waals surface area contributed by atoms with Crippen LogP contribution in [0.2, 0.25) is 0 Å². The summed E-state index contributed by atoms with van der Waals surface area (Å²) in [6.45, 7) is 4.22. The van der Waals surface area contributed by atoms with E-state index in [9.17, 15) is 20.2 Å². The van der Waals surface area contributed by atoms with Crippen molar-refractivity contribution in [3.8, 4) is 0 Å². The van der Waals surface area contributed by atoms with Gasteiger partial charge in [-0.15, -0.1) is 0 Å². The summed E-state index contributed by atoms with van der Waals surface area (Å²) in [4.78, 5) is 22.5. The summed E-state index contributed by atoms with van der Waals surface area (Å²) < 4.78 is 0. The molecule has 0 aromatic heterocycles. The van der Waals surface area contributed by atoms with Crippen molar-refractivity contribution in [2.24, 2.45) is 0 Å². The summed E-state index contributed by atoms with van der Waals surface area (Å²) in [5.74, 6) is 0.562. The van der Waals surface area contributed by atoms with Crippen LogP contribution in [-0.2, 0) is 0 Å². The van der Waals surface area contributed by atoms with E-state index in [2.05, 4.69) is 10.2 Å². The number of piperidine rings is 2. The second kappa shape index (κ2) is 10.7. The minimum atomic E-state index is -0.361. The molecular formula is C22H28N4O4. The zero-order chi connectivity index (χ0) is 21.3. The molecule has 2 aliphatic heterocycles. The Balaban J connectivity index is 0.000000171. The highest BCUT2D eigenvalue weighted by Crippen LogP contribution is 2.26. The van der Waals surface area contributed by atoms with Gasteiger partial charge in [-0.1, -0.05) is 12.1 Å². The third-order valence-electron chi connectivity index (χ3n) is 5.70. The van der Waals surface area contributed by atoms with Crippen molar-refractivity contribution in [2.75, 3.05) is 31.1 Å². The fourth-order valence-electron chi connectivity index (χ4n) is 3.96. The molecule has 0 aliphatic carbocycles. The number of nitro benzene ring substituents is 2. The summed E-state index contributed by atoms with van der Waals surface area (Å²) in [7, 11) is 0. The van der Waals surface area contributed by atoms with E-state index >= 15 is 0 Å². The van der Waals surface area contributed by atoms with Gasteiger partial charge in [-0.2, -0.15) is 0 Å². The molecular weight excluding hydrogens is 384 g/mol. The Morgan fingerprint density at radius 3 is 1.77 bits per heavy atom. The normalized spacial score (nSPS) is 17.0. The molecule has 2 aromatic carbocycles. The zero-order valence-electron chi connectivity index (χ0n) is 17.0. The zero-order valence-corrected chi connectivity index (χ0v) is 17.0. The smallest absolute Gasteiger partial charge is 0.269 e. The highest BCUT2D eigenvalue weighted by atomic mass is 16.6. The number of hydrogen-bond acceptors (Lipinski definition) is 6. The molecule has 0 amide bonds. The van der Waals surface area contributed by atoms with Crippen molar-refractivity contribution in [1.82, 2.24) is 5.32 Å². The van der Waals surface area contributed by atoms with E-state index in [0.717, 1.165) is 44.7 Å². The first-order chi connectivity index (χ1) is 14.5. The van der Waals surface area contributed by atoms with Gasteiger partial charge in [0.25, 0.3) is 11.4 Å². The van der Waals surface area contributed by atoms with Crippen LogP contribution in [0, 0.1) is 20.2 Å². The molecule has 2 fully saturated rings. The predicted octanol–water partition coefficient (Wildman–Crippen LogP) is 4.65. The first-order valence-corrected chi connectivity index (χ1v) is 10.5. The van der Waals surface area contributed by atoms with Crippen molar-refractivity contribution in [2.45, 2.75) is 38.0 Å². The molecule has 160 valence electrons. The monoisotopic (exact) mass is 412 g/mol. The van der Waals surface area contributed by atoms with Crippen LogP contribution in [0.25, 0.3) is 0 Å². The quantitative estimate of drug-likeness (QED) is 0.579. The molecule has 2 heterocycles. The fourth-order valence-corrected chi connectivity index (χ4v) is 3.96. The number of rotatable bonds is 4. The van der Waals surface area contributed by atoms with Gasteiger partial charge in [0.05, 0.1) is 9.85 Å². The van der Waals surface area contributed by atoms with Gasteiger partial charge < -0.3 is 10.2 Å². The molecule has 4 rings (SSSR count). The Kier molecular flexibility index (Phi) is 7.73. The SMILES string of the molecule is O=[N+]([O-])c1ccc(C2CCNCC2)cc1.O=[N+]([O-])c1ccc(N2CCCCC2)cc1. The molecule has 0 unspecified atom stereocenters. The maximum Gasteiger partial charge on any atom is 0.269 e. The standard InChI is InChI=1S/2C11H14N2O2/c14-13(15)11-3-1-9(2-4-11)10-5-7-12-8-6-10;14-13(15)11-6-4-10(5-7-11)12-8-2-1-3-9-12/h1-4,10,12H,5-8H2;4-7H,1-3,8-9H2. The lowest BCUT2D eigenvalue weighted by Gasteiger charge is -2.28. The van der Waals surface area contributed by atoms with Gasteiger partial charge in [0.15, 0.2) is 0 Å². The number of anilines is 1. The van der Waals surface area contributed by atoms with E-state index in [4.69, 9.17) is 0 Å². The molecule has 0 radical (unpaired) electrons. The van der Waals surface area contributed by atoms with Crippen LogP contribution in [0.1, 0.15) is 43.6 Å². The first kappa shape index (κ1) is 21.7. The van der Waals surface area contributed by atoms with Crippen LogP contribution in [0.15, 0.2) is 48.5 Å². The largest absolute Gasteiger partial charge is 0.372 e. The van der Waals surface area contributed by atoms with E-state index in [1.165, 1.54) is 24.8 Å². The van der Waals surface area contributed by atoms with Crippen molar-refractivity contribution in [3.05, 3.63) is 74.3 Å². The van der Waals surface area contributed by atoms with Crippen LogP contribution in [0.3, 0.4) is 0 Å². The van der Waals surface area contributed by atoms with Gasteiger partial charge in [-0.25, -0.2) is 0 Å². The van der Waals surface area contributed by atoms with Gasteiger partial charge in [-0.05, 0) is 68.8 Å². The first-order valence-electron chi connectivity index (χ1n) is 10.5. The molecule has 0 atom stereocenters. The molecule has 2 aromatic rings. The van der Waals surface area contributed by atoms with Gasteiger partial charge in [0.1, 0.15) is 0 Å². The predicted molar refractivity (Wildman–Crippen MR) is 117 cm³/mol. The number of benzene rings is 2. The molecule has 1 N–H and O–H groups in total. The van der Waals surface area contributed by atoms with Crippen LogP contribution in [0.5, 0.6) is 0 Å². The minimum absolute atomic E-state index is 0.163.